The number of rotatable bonds is 6. The summed E-state index contributed by atoms with van der Waals surface area (Å²) in [5, 5.41) is 7.57. The van der Waals surface area contributed by atoms with Crippen molar-refractivity contribution in [2.24, 2.45) is 5.10 Å². The molecule has 2 aromatic carbocycles. The van der Waals surface area contributed by atoms with Gasteiger partial charge in [0.1, 0.15) is 12.4 Å². The number of thiocarbonyl (C=S) groups is 1. The minimum atomic E-state index is 0.510. The molecule has 0 aliphatic heterocycles. The average molecular weight is 327 g/mol. The Balaban J connectivity index is 1.91. The van der Waals surface area contributed by atoms with Crippen LogP contribution in [0.2, 0.25) is 0 Å². The average Bonchev–Trinajstić information content (AvgIpc) is 2.54. The van der Waals surface area contributed by atoms with E-state index in [9.17, 15) is 0 Å². The first-order chi connectivity index (χ1) is 11.2. The minimum Gasteiger partial charge on any atom is -0.489 e. The van der Waals surface area contributed by atoms with Gasteiger partial charge in [0, 0.05) is 6.54 Å². The fraction of sp³-hybridized carbons (Fsp3) is 0.222. The van der Waals surface area contributed by atoms with Crippen LogP contribution in [0.4, 0.5) is 0 Å². The van der Waals surface area contributed by atoms with Gasteiger partial charge in [0.15, 0.2) is 5.11 Å². The Labute approximate surface area is 142 Å². The lowest BCUT2D eigenvalue weighted by Crippen LogP contribution is -2.31. The SMILES string of the molecule is CCNC(=S)NN=Cc1cccc(OCc2cccc(C)c2)c1. The molecule has 0 aliphatic carbocycles. The van der Waals surface area contributed by atoms with Gasteiger partial charge in [0.05, 0.1) is 6.21 Å². The van der Waals surface area contributed by atoms with Gasteiger partial charge in [-0.15, -0.1) is 0 Å². The molecule has 0 aromatic heterocycles. The third-order valence-electron chi connectivity index (χ3n) is 3.06. The van der Waals surface area contributed by atoms with Crippen LogP contribution in [-0.2, 0) is 6.61 Å². The molecule has 0 fully saturated rings. The number of nitrogens with one attached hydrogen (secondary N) is 2. The Morgan fingerprint density at radius 2 is 2.04 bits per heavy atom. The van der Waals surface area contributed by atoms with Crippen LogP contribution in [0.15, 0.2) is 53.6 Å². The number of hydrogen-bond acceptors (Lipinski definition) is 3. The van der Waals surface area contributed by atoms with Crippen molar-refractivity contribution in [1.82, 2.24) is 10.7 Å². The zero-order chi connectivity index (χ0) is 16.5. The van der Waals surface area contributed by atoms with Crippen molar-refractivity contribution in [3.05, 3.63) is 65.2 Å². The molecule has 23 heavy (non-hydrogen) atoms. The van der Waals surface area contributed by atoms with Crippen molar-refractivity contribution in [1.29, 1.82) is 0 Å². The molecular weight excluding hydrogens is 306 g/mol. The van der Waals surface area contributed by atoms with E-state index in [-0.39, 0.29) is 0 Å². The number of ether oxygens (including phenoxy) is 1. The highest BCUT2D eigenvalue weighted by Gasteiger charge is 1.98. The summed E-state index contributed by atoms with van der Waals surface area (Å²) in [6.45, 7) is 5.37. The van der Waals surface area contributed by atoms with Gasteiger partial charge in [-0.2, -0.15) is 5.10 Å². The molecule has 0 saturated heterocycles. The van der Waals surface area contributed by atoms with E-state index in [0.717, 1.165) is 23.4 Å². The molecule has 5 heteroatoms. The van der Waals surface area contributed by atoms with Gasteiger partial charge < -0.3 is 10.1 Å². The lowest BCUT2D eigenvalue weighted by molar-refractivity contribution is 0.306. The first-order valence-corrected chi connectivity index (χ1v) is 7.93. The quantitative estimate of drug-likeness (QED) is 0.485. The van der Waals surface area contributed by atoms with E-state index in [2.05, 4.69) is 41.0 Å². The van der Waals surface area contributed by atoms with Crippen LogP contribution in [-0.4, -0.2) is 17.9 Å². The zero-order valence-electron chi connectivity index (χ0n) is 13.4. The summed E-state index contributed by atoms with van der Waals surface area (Å²) >= 11 is 5.04. The third-order valence-corrected chi connectivity index (χ3v) is 3.30. The highest BCUT2D eigenvalue weighted by Crippen LogP contribution is 2.14. The maximum Gasteiger partial charge on any atom is 0.186 e. The second-order valence-corrected chi connectivity index (χ2v) is 5.49. The van der Waals surface area contributed by atoms with Crippen LogP contribution in [0.5, 0.6) is 5.75 Å². The Hall–Kier alpha value is -2.40. The minimum absolute atomic E-state index is 0.510. The summed E-state index contributed by atoms with van der Waals surface area (Å²) in [5.74, 6) is 0.810. The molecule has 2 rings (SSSR count). The lowest BCUT2D eigenvalue weighted by atomic mass is 10.1. The number of hydrogen-bond donors (Lipinski definition) is 2. The molecule has 0 unspecified atom stereocenters. The van der Waals surface area contributed by atoms with E-state index in [1.54, 1.807) is 6.21 Å². The lowest BCUT2D eigenvalue weighted by Gasteiger charge is -2.07. The largest absolute Gasteiger partial charge is 0.489 e. The topological polar surface area (TPSA) is 45.7 Å². The zero-order valence-corrected chi connectivity index (χ0v) is 14.2. The predicted molar refractivity (Wildman–Crippen MR) is 99.0 cm³/mol. The number of benzene rings is 2. The molecule has 2 aromatic rings. The van der Waals surface area contributed by atoms with Crippen LogP contribution < -0.4 is 15.5 Å². The van der Waals surface area contributed by atoms with Crippen molar-refractivity contribution in [3.8, 4) is 5.75 Å². The van der Waals surface area contributed by atoms with Gasteiger partial charge in [0.2, 0.25) is 0 Å². The van der Waals surface area contributed by atoms with E-state index in [0.29, 0.717) is 11.7 Å². The van der Waals surface area contributed by atoms with Crippen LogP contribution in [0.3, 0.4) is 0 Å². The Bertz CT molecular complexity index is 685. The molecule has 4 nitrogen and oxygen atoms in total. The fourth-order valence-corrected chi connectivity index (χ4v) is 2.22. The monoisotopic (exact) mass is 327 g/mol. The second-order valence-electron chi connectivity index (χ2n) is 5.08. The maximum atomic E-state index is 5.83. The molecule has 0 bridgehead atoms. The summed E-state index contributed by atoms with van der Waals surface area (Å²) in [7, 11) is 0. The fourth-order valence-electron chi connectivity index (χ4n) is 2.02. The van der Waals surface area contributed by atoms with Gasteiger partial charge in [-0.1, -0.05) is 42.0 Å². The maximum absolute atomic E-state index is 5.83. The van der Waals surface area contributed by atoms with Crippen molar-refractivity contribution < 1.29 is 4.74 Å². The van der Waals surface area contributed by atoms with E-state index in [4.69, 9.17) is 17.0 Å². The molecule has 0 radical (unpaired) electrons. The molecule has 2 N–H and O–H groups in total. The predicted octanol–water partition coefficient (Wildman–Crippen LogP) is 3.39. The first-order valence-electron chi connectivity index (χ1n) is 7.52. The Kier molecular flexibility index (Phi) is 6.56. The van der Waals surface area contributed by atoms with Crippen molar-refractivity contribution >= 4 is 23.5 Å². The molecule has 0 atom stereocenters. The van der Waals surface area contributed by atoms with Crippen LogP contribution >= 0.6 is 12.2 Å². The van der Waals surface area contributed by atoms with Crippen LogP contribution in [0, 0.1) is 6.92 Å². The molecule has 0 amide bonds. The summed E-state index contributed by atoms with van der Waals surface area (Å²) in [6.07, 6.45) is 1.71. The van der Waals surface area contributed by atoms with E-state index < -0.39 is 0 Å². The number of hydrazone groups is 1. The summed E-state index contributed by atoms with van der Waals surface area (Å²) in [6, 6.07) is 16.1. The van der Waals surface area contributed by atoms with Crippen LogP contribution in [0.1, 0.15) is 23.6 Å². The number of aryl methyl sites for hydroxylation is 1. The second kappa shape index (κ2) is 8.90. The summed E-state index contributed by atoms with van der Waals surface area (Å²) < 4.78 is 5.83. The van der Waals surface area contributed by atoms with Gasteiger partial charge >= 0.3 is 0 Å². The van der Waals surface area contributed by atoms with Crippen molar-refractivity contribution in [2.45, 2.75) is 20.5 Å². The highest BCUT2D eigenvalue weighted by molar-refractivity contribution is 7.80. The van der Waals surface area contributed by atoms with E-state index in [1.807, 2.05) is 37.3 Å². The molecule has 0 heterocycles. The summed E-state index contributed by atoms with van der Waals surface area (Å²) in [4.78, 5) is 0. The smallest absolute Gasteiger partial charge is 0.186 e. The molecule has 0 spiro atoms. The first kappa shape index (κ1) is 17.0. The molecule has 0 saturated carbocycles. The van der Waals surface area contributed by atoms with E-state index >= 15 is 0 Å². The van der Waals surface area contributed by atoms with Gasteiger partial charge in [-0.05, 0) is 49.3 Å². The Morgan fingerprint density at radius 3 is 2.83 bits per heavy atom. The van der Waals surface area contributed by atoms with Gasteiger partial charge in [-0.3, -0.25) is 5.43 Å². The third kappa shape index (κ3) is 6.08. The molecule has 120 valence electrons. The Morgan fingerprint density at radius 1 is 1.22 bits per heavy atom. The van der Waals surface area contributed by atoms with Crippen LogP contribution in [0.25, 0.3) is 0 Å². The van der Waals surface area contributed by atoms with E-state index in [1.165, 1.54) is 5.56 Å². The standard InChI is InChI=1S/C18H21N3OS/c1-3-19-18(23)21-20-12-15-7-5-9-17(11-15)22-13-16-8-4-6-14(2)10-16/h4-12H,3,13H2,1-2H3,(H2,19,21,23). The van der Waals surface area contributed by atoms with Gasteiger partial charge in [0.25, 0.3) is 0 Å². The van der Waals surface area contributed by atoms with Crippen molar-refractivity contribution in [2.75, 3.05) is 6.54 Å². The van der Waals surface area contributed by atoms with Crippen molar-refractivity contribution in [3.63, 3.8) is 0 Å². The number of nitrogens with zero attached hydrogens (tertiary/aromatic N) is 1. The highest BCUT2D eigenvalue weighted by atomic mass is 32.1. The molecular formula is C18H21N3OS. The summed E-state index contributed by atoms with van der Waals surface area (Å²) in [5.41, 5.74) is 6.09. The van der Waals surface area contributed by atoms with Gasteiger partial charge in [-0.25, -0.2) is 0 Å². The normalized spacial score (nSPS) is 10.5. The molecule has 0 aliphatic rings.